The van der Waals surface area contributed by atoms with E-state index < -0.39 is 10.0 Å². The second-order valence-corrected chi connectivity index (χ2v) is 7.44. The number of nitrogens with zero attached hydrogens (tertiary/aromatic N) is 1. The van der Waals surface area contributed by atoms with Crippen molar-refractivity contribution in [1.82, 2.24) is 10.2 Å². The van der Waals surface area contributed by atoms with Gasteiger partial charge in [0.05, 0.1) is 6.20 Å². The van der Waals surface area contributed by atoms with Gasteiger partial charge < -0.3 is 0 Å². The normalized spacial score (nSPS) is 12.3. The summed E-state index contributed by atoms with van der Waals surface area (Å²) in [6.07, 6.45) is 4.77. The average molecular weight is 307 g/mol. The zero-order valence-electron chi connectivity index (χ0n) is 12.6. The highest BCUT2D eigenvalue weighted by molar-refractivity contribution is 7.92. The molecule has 0 unspecified atom stereocenters. The second-order valence-electron chi connectivity index (χ2n) is 5.75. The molecule has 0 aliphatic heterocycles. The molecule has 0 fully saturated rings. The highest BCUT2D eigenvalue weighted by Gasteiger charge is 2.21. The van der Waals surface area contributed by atoms with Gasteiger partial charge in [-0.3, -0.25) is 9.82 Å². The van der Waals surface area contributed by atoms with Crippen molar-refractivity contribution >= 4 is 15.7 Å². The Morgan fingerprint density at radius 2 is 2.10 bits per heavy atom. The van der Waals surface area contributed by atoms with E-state index in [-0.39, 0.29) is 10.3 Å². The molecule has 0 saturated carbocycles. The molecule has 2 aromatic rings. The number of benzene rings is 1. The molecule has 0 aliphatic carbocycles. The molecule has 114 valence electrons. The molecular formula is C15H21N3O2S. The van der Waals surface area contributed by atoms with E-state index in [1.807, 2.05) is 18.2 Å². The molecule has 5 nitrogen and oxygen atoms in total. The smallest absolute Gasteiger partial charge is 0.265 e. The van der Waals surface area contributed by atoms with Crippen LogP contribution >= 0.6 is 0 Å². The van der Waals surface area contributed by atoms with Gasteiger partial charge >= 0.3 is 0 Å². The van der Waals surface area contributed by atoms with Crippen molar-refractivity contribution in [2.75, 3.05) is 4.72 Å². The zero-order valence-corrected chi connectivity index (χ0v) is 13.4. The highest BCUT2D eigenvalue weighted by Crippen LogP contribution is 2.30. The van der Waals surface area contributed by atoms with Crippen LogP contribution in [0, 0.1) is 0 Å². The van der Waals surface area contributed by atoms with E-state index >= 15 is 0 Å². The molecule has 6 heteroatoms. The molecule has 0 atom stereocenters. The first-order chi connectivity index (χ1) is 9.85. The Hall–Kier alpha value is -1.82. The summed E-state index contributed by atoms with van der Waals surface area (Å²) in [4.78, 5) is 0.126. The number of hydrogen-bond acceptors (Lipinski definition) is 3. The lowest BCUT2D eigenvalue weighted by atomic mass is 9.80. The van der Waals surface area contributed by atoms with Crippen LogP contribution in [-0.2, 0) is 15.4 Å². The maximum atomic E-state index is 12.2. The van der Waals surface area contributed by atoms with Gasteiger partial charge in [-0.2, -0.15) is 5.10 Å². The fraction of sp³-hybridized carbons (Fsp3) is 0.400. The molecule has 21 heavy (non-hydrogen) atoms. The van der Waals surface area contributed by atoms with E-state index in [4.69, 9.17) is 0 Å². The Labute approximate surface area is 125 Å². The van der Waals surface area contributed by atoms with Gasteiger partial charge in [0.1, 0.15) is 4.90 Å². The summed E-state index contributed by atoms with van der Waals surface area (Å²) >= 11 is 0. The van der Waals surface area contributed by atoms with Crippen LogP contribution in [-0.4, -0.2) is 18.6 Å². The molecule has 2 N–H and O–H groups in total. The zero-order chi connectivity index (χ0) is 15.5. The fourth-order valence-corrected chi connectivity index (χ4v) is 3.33. The molecule has 1 heterocycles. The average Bonchev–Trinajstić information content (AvgIpc) is 2.93. The van der Waals surface area contributed by atoms with E-state index in [0.29, 0.717) is 5.69 Å². The summed E-state index contributed by atoms with van der Waals surface area (Å²) in [5.41, 5.74) is 1.71. The third-order valence-electron chi connectivity index (χ3n) is 3.55. The van der Waals surface area contributed by atoms with Crippen molar-refractivity contribution < 1.29 is 8.42 Å². The van der Waals surface area contributed by atoms with Crippen molar-refractivity contribution in [3.63, 3.8) is 0 Å². The topological polar surface area (TPSA) is 74.8 Å². The number of H-pyrrole nitrogens is 1. The van der Waals surface area contributed by atoms with Crippen LogP contribution in [0.2, 0.25) is 0 Å². The van der Waals surface area contributed by atoms with Gasteiger partial charge in [0, 0.05) is 11.9 Å². The van der Waals surface area contributed by atoms with Gasteiger partial charge in [-0.25, -0.2) is 8.42 Å². The number of anilines is 1. The second kappa shape index (κ2) is 5.89. The van der Waals surface area contributed by atoms with E-state index in [1.54, 1.807) is 6.07 Å². The molecule has 0 radical (unpaired) electrons. The predicted molar refractivity (Wildman–Crippen MR) is 83.8 cm³/mol. The molecule has 2 rings (SSSR count). The van der Waals surface area contributed by atoms with E-state index in [9.17, 15) is 8.42 Å². The summed E-state index contributed by atoms with van der Waals surface area (Å²) in [6.45, 7) is 6.48. The third-order valence-corrected chi connectivity index (χ3v) is 4.90. The lowest BCUT2D eigenvalue weighted by Crippen LogP contribution is -2.18. The largest absolute Gasteiger partial charge is 0.284 e. The van der Waals surface area contributed by atoms with Crippen LogP contribution in [0.1, 0.15) is 39.2 Å². The van der Waals surface area contributed by atoms with Crippen LogP contribution in [0.3, 0.4) is 0 Å². The molecule has 0 aliphatic rings. The molecule has 0 bridgehead atoms. The first-order valence-electron chi connectivity index (χ1n) is 6.97. The maximum Gasteiger partial charge on any atom is 0.265 e. The van der Waals surface area contributed by atoms with Crippen molar-refractivity contribution in [2.45, 2.75) is 43.9 Å². The summed E-state index contributed by atoms with van der Waals surface area (Å²) in [5.74, 6) is 0. The summed E-state index contributed by atoms with van der Waals surface area (Å²) in [6, 6.07) is 7.56. The number of sulfonamides is 1. The van der Waals surface area contributed by atoms with Gasteiger partial charge in [0.15, 0.2) is 0 Å². The number of aromatic nitrogens is 2. The Kier molecular flexibility index (Phi) is 4.37. The van der Waals surface area contributed by atoms with Crippen molar-refractivity contribution in [2.24, 2.45) is 0 Å². The molecular weight excluding hydrogens is 286 g/mol. The molecule has 1 aromatic heterocycles. The standard InChI is InChI=1S/C15H21N3O2S/c1-4-8-15(2,3)12-6-5-7-13(9-12)18-21(19,20)14-10-16-17-11-14/h5-7,9-11,18H,4,8H2,1-3H3,(H,16,17). The van der Waals surface area contributed by atoms with Gasteiger partial charge in [0.25, 0.3) is 10.0 Å². The van der Waals surface area contributed by atoms with Crippen molar-refractivity contribution in [1.29, 1.82) is 0 Å². The number of hydrogen-bond donors (Lipinski definition) is 2. The molecule has 0 saturated heterocycles. The van der Waals surface area contributed by atoms with Crippen LogP contribution in [0.4, 0.5) is 5.69 Å². The summed E-state index contributed by atoms with van der Waals surface area (Å²) in [5, 5.41) is 6.17. The maximum absolute atomic E-state index is 12.2. The number of aromatic amines is 1. The lowest BCUT2D eigenvalue weighted by Gasteiger charge is -2.25. The number of nitrogens with one attached hydrogen (secondary N) is 2. The molecule has 0 spiro atoms. The molecule has 0 amide bonds. The Bertz CT molecular complexity index is 691. The van der Waals surface area contributed by atoms with Crippen LogP contribution < -0.4 is 4.72 Å². The Balaban J connectivity index is 2.27. The van der Waals surface area contributed by atoms with Gasteiger partial charge in [-0.15, -0.1) is 0 Å². The first kappa shape index (κ1) is 15.6. The minimum atomic E-state index is -3.59. The number of rotatable bonds is 6. The summed E-state index contributed by atoms with van der Waals surface area (Å²) in [7, 11) is -3.59. The predicted octanol–water partition coefficient (Wildman–Crippen LogP) is 3.29. The first-order valence-corrected chi connectivity index (χ1v) is 8.45. The van der Waals surface area contributed by atoms with Crippen LogP contribution in [0.5, 0.6) is 0 Å². The quantitative estimate of drug-likeness (QED) is 0.860. The van der Waals surface area contributed by atoms with Crippen LogP contribution in [0.25, 0.3) is 0 Å². The third kappa shape index (κ3) is 3.64. The van der Waals surface area contributed by atoms with E-state index in [2.05, 4.69) is 35.7 Å². The van der Waals surface area contributed by atoms with Gasteiger partial charge in [-0.1, -0.05) is 39.3 Å². The lowest BCUT2D eigenvalue weighted by molar-refractivity contribution is 0.473. The fourth-order valence-electron chi connectivity index (χ4n) is 2.37. The molecule has 1 aromatic carbocycles. The van der Waals surface area contributed by atoms with Crippen molar-refractivity contribution in [3.05, 3.63) is 42.2 Å². The van der Waals surface area contributed by atoms with Gasteiger partial charge in [0.2, 0.25) is 0 Å². The minimum absolute atomic E-state index is 0.0197. The van der Waals surface area contributed by atoms with Crippen LogP contribution in [0.15, 0.2) is 41.6 Å². The Morgan fingerprint density at radius 3 is 2.71 bits per heavy atom. The SMILES string of the molecule is CCCC(C)(C)c1cccc(NS(=O)(=O)c2cn[nH]c2)c1. The van der Waals surface area contributed by atoms with Crippen molar-refractivity contribution in [3.8, 4) is 0 Å². The van der Waals surface area contributed by atoms with E-state index in [1.165, 1.54) is 12.4 Å². The van der Waals surface area contributed by atoms with Gasteiger partial charge in [-0.05, 0) is 29.5 Å². The monoisotopic (exact) mass is 307 g/mol. The minimum Gasteiger partial charge on any atom is -0.284 e. The summed E-state index contributed by atoms with van der Waals surface area (Å²) < 4.78 is 26.9. The van der Waals surface area contributed by atoms with E-state index in [0.717, 1.165) is 18.4 Å². The Morgan fingerprint density at radius 1 is 1.33 bits per heavy atom. The highest BCUT2D eigenvalue weighted by atomic mass is 32.2.